The number of carbonyl (C=O) groups is 1. The molecule has 0 bridgehead atoms. The monoisotopic (exact) mass is 424 g/mol. The van der Waals surface area contributed by atoms with Crippen LogP contribution in [0.3, 0.4) is 0 Å². The molecule has 3 aromatic rings. The second-order valence-electron chi connectivity index (χ2n) is 5.83. The van der Waals surface area contributed by atoms with Crippen LogP contribution in [-0.2, 0) is 23.1 Å². The average Bonchev–Trinajstić information content (AvgIpc) is 3.09. The predicted molar refractivity (Wildman–Crippen MR) is 102 cm³/mol. The molecule has 28 heavy (non-hydrogen) atoms. The number of halogens is 3. The highest BCUT2D eigenvalue weighted by molar-refractivity contribution is 7.98. The zero-order valence-electron chi connectivity index (χ0n) is 14.7. The topological polar surface area (TPSA) is 67.8 Å². The number of thioether (sulfide) groups is 1. The van der Waals surface area contributed by atoms with Gasteiger partial charge in [-0.15, -0.1) is 11.3 Å². The third-order valence-electron chi connectivity index (χ3n) is 3.52. The lowest BCUT2D eigenvalue weighted by Gasteiger charge is -2.06. The van der Waals surface area contributed by atoms with E-state index < -0.39 is 11.9 Å². The van der Waals surface area contributed by atoms with Gasteiger partial charge in [-0.1, -0.05) is 29.5 Å². The molecule has 1 N–H and O–H groups in total. The van der Waals surface area contributed by atoms with Crippen molar-refractivity contribution in [2.75, 3.05) is 5.32 Å². The molecule has 0 fully saturated rings. The molecule has 0 radical (unpaired) electrons. The Morgan fingerprint density at radius 3 is 2.64 bits per heavy atom. The third kappa shape index (κ3) is 5.77. The number of hydrogen-bond acceptors (Lipinski definition) is 6. The first kappa shape index (κ1) is 20.3. The Morgan fingerprint density at radius 2 is 1.93 bits per heavy atom. The summed E-state index contributed by atoms with van der Waals surface area (Å²) in [6.07, 6.45) is -3.29. The quantitative estimate of drug-likeness (QED) is 0.458. The fourth-order valence-electron chi connectivity index (χ4n) is 2.18. The molecule has 0 saturated carbocycles. The summed E-state index contributed by atoms with van der Waals surface area (Å²) < 4.78 is 38.1. The number of amides is 1. The average molecular weight is 424 g/mol. The van der Waals surface area contributed by atoms with E-state index in [0.29, 0.717) is 22.1 Å². The maximum Gasteiger partial charge on any atom is 0.433 e. The van der Waals surface area contributed by atoms with Gasteiger partial charge in [-0.25, -0.2) is 15.0 Å². The normalized spacial score (nSPS) is 11.4. The Balaban J connectivity index is 1.54. The Bertz CT molecular complexity index is 958. The summed E-state index contributed by atoms with van der Waals surface area (Å²) in [7, 11) is 0. The SMILES string of the molecule is Cc1ccc(NC(=O)Cc2nc(CSc3nccc(C(F)(F)F)n3)cs2)cc1. The Morgan fingerprint density at radius 1 is 1.18 bits per heavy atom. The van der Waals surface area contributed by atoms with Crippen LogP contribution < -0.4 is 5.32 Å². The first-order valence-electron chi connectivity index (χ1n) is 8.12. The van der Waals surface area contributed by atoms with Crippen molar-refractivity contribution in [3.05, 3.63) is 63.9 Å². The van der Waals surface area contributed by atoms with Gasteiger partial charge in [0.25, 0.3) is 0 Å². The van der Waals surface area contributed by atoms with Crippen LogP contribution in [0.15, 0.2) is 47.1 Å². The van der Waals surface area contributed by atoms with E-state index >= 15 is 0 Å². The molecule has 0 spiro atoms. The molecule has 2 heterocycles. The zero-order valence-corrected chi connectivity index (χ0v) is 16.3. The number of anilines is 1. The molecule has 146 valence electrons. The van der Waals surface area contributed by atoms with Gasteiger partial charge in [0.15, 0.2) is 5.16 Å². The second-order valence-corrected chi connectivity index (χ2v) is 7.72. The third-order valence-corrected chi connectivity index (χ3v) is 5.31. The standard InChI is InChI=1S/C18H15F3N4OS2/c1-11-2-4-12(5-3-11)23-15(26)8-16-24-13(9-27-16)10-28-17-22-7-6-14(25-17)18(19,20)21/h2-7,9H,8,10H2,1H3,(H,23,26). The first-order chi connectivity index (χ1) is 13.3. The van der Waals surface area contributed by atoms with Gasteiger partial charge in [0.05, 0.1) is 12.1 Å². The molecular weight excluding hydrogens is 409 g/mol. The molecular formula is C18H15F3N4OS2. The van der Waals surface area contributed by atoms with Crippen LogP contribution in [0.2, 0.25) is 0 Å². The zero-order chi connectivity index (χ0) is 20.1. The van der Waals surface area contributed by atoms with Gasteiger partial charge in [-0.2, -0.15) is 13.2 Å². The lowest BCUT2D eigenvalue weighted by molar-refractivity contribution is -0.141. The van der Waals surface area contributed by atoms with E-state index in [9.17, 15) is 18.0 Å². The number of alkyl halides is 3. The van der Waals surface area contributed by atoms with Crippen LogP contribution in [0, 0.1) is 6.92 Å². The van der Waals surface area contributed by atoms with Crippen LogP contribution in [0.4, 0.5) is 18.9 Å². The van der Waals surface area contributed by atoms with Crippen LogP contribution in [-0.4, -0.2) is 20.9 Å². The molecule has 10 heteroatoms. The van der Waals surface area contributed by atoms with E-state index in [1.807, 2.05) is 31.2 Å². The minimum atomic E-state index is -4.50. The van der Waals surface area contributed by atoms with Gasteiger partial charge in [0, 0.05) is 23.0 Å². The highest BCUT2D eigenvalue weighted by atomic mass is 32.2. The molecule has 0 unspecified atom stereocenters. The number of hydrogen-bond donors (Lipinski definition) is 1. The lowest BCUT2D eigenvalue weighted by atomic mass is 10.2. The number of aromatic nitrogens is 3. The van der Waals surface area contributed by atoms with Crippen molar-refractivity contribution in [3.63, 3.8) is 0 Å². The largest absolute Gasteiger partial charge is 0.433 e. The summed E-state index contributed by atoms with van der Waals surface area (Å²) in [5.41, 5.74) is 1.50. The number of aryl methyl sites for hydroxylation is 1. The molecule has 0 aliphatic carbocycles. The van der Waals surface area contributed by atoms with Crippen molar-refractivity contribution < 1.29 is 18.0 Å². The van der Waals surface area contributed by atoms with Crippen LogP contribution >= 0.6 is 23.1 Å². The van der Waals surface area contributed by atoms with Crippen LogP contribution in [0.25, 0.3) is 0 Å². The van der Waals surface area contributed by atoms with E-state index in [1.165, 1.54) is 11.3 Å². The lowest BCUT2D eigenvalue weighted by Crippen LogP contribution is -2.14. The highest BCUT2D eigenvalue weighted by Crippen LogP contribution is 2.29. The number of nitrogens with zero attached hydrogens (tertiary/aromatic N) is 3. The molecule has 0 aliphatic rings. The maximum atomic E-state index is 12.7. The summed E-state index contributed by atoms with van der Waals surface area (Å²) in [5, 5.41) is 5.23. The van der Waals surface area contributed by atoms with Gasteiger partial charge in [-0.3, -0.25) is 4.79 Å². The van der Waals surface area contributed by atoms with E-state index in [2.05, 4.69) is 20.3 Å². The van der Waals surface area contributed by atoms with Crippen LogP contribution in [0.5, 0.6) is 0 Å². The summed E-state index contributed by atoms with van der Waals surface area (Å²) in [6.45, 7) is 1.96. The molecule has 5 nitrogen and oxygen atoms in total. The van der Waals surface area contributed by atoms with Gasteiger partial charge >= 0.3 is 6.18 Å². The summed E-state index contributed by atoms with van der Waals surface area (Å²) >= 11 is 2.39. The van der Waals surface area contributed by atoms with Crippen molar-refractivity contribution in [3.8, 4) is 0 Å². The minimum Gasteiger partial charge on any atom is -0.326 e. The fourth-order valence-corrected chi connectivity index (χ4v) is 3.80. The van der Waals surface area contributed by atoms with Crippen molar-refractivity contribution in [1.82, 2.24) is 15.0 Å². The summed E-state index contributed by atoms with van der Waals surface area (Å²) in [6, 6.07) is 8.30. The number of carbonyl (C=O) groups excluding carboxylic acids is 1. The van der Waals surface area contributed by atoms with Crippen molar-refractivity contribution in [1.29, 1.82) is 0 Å². The summed E-state index contributed by atoms with van der Waals surface area (Å²) in [4.78, 5) is 23.8. The number of rotatable bonds is 6. The van der Waals surface area contributed by atoms with Crippen LogP contribution in [0.1, 0.15) is 22.0 Å². The van der Waals surface area contributed by atoms with E-state index in [-0.39, 0.29) is 17.5 Å². The number of benzene rings is 1. The molecule has 1 amide bonds. The first-order valence-corrected chi connectivity index (χ1v) is 9.99. The Kier molecular flexibility index (Phi) is 6.30. The van der Waals surface area contributed by atoms with Crippen molar-refractivity contribution >= 4 is 34.7 Å². The molecule has 3 rings (SSSR count). The van der Waals surface area contributed by atoms with E-state index in [1.54, 1.807) is 5.38 Å². The predicted octanol–water partition coefficient (Wildman–Crippen LogP) is 4.73. The van der Waals surface area contributed by atoms with Gasteiger partial charge < -0.3 is 5.32 Å². The Labute approximate surface area is 167 Å². The molecule has 0 aliphatic heterocycles. The molecule has 1 aromatic carbocycles. The minimum absolute atomic E-state index is 0.0292. The van der Waals surface area contributed by atoms with Gasteiger partial charge in [0.1, 0.15) is 10.7 Å². The smallest absolute Gasteiger partial charge is 0.326 e. The Hall–Kier alpha value is -2.46. The van der Waals surface area contributed by atoms with E-state index in [4.69, 9.17) is 0 Å². The van der Waals surface area contributed by atoms with Gasteiger partial charge in [0.2, 0.25) is 5.91 Å². The highest BCUT2D eigenvalue weighted by Gasteiger charge is 2.32. The summed E-state index contributed by atoms with van der Waals surface area (Å²) in [5.74, 6) is 0.135. The molecule has 0 atom stereocenters. The van der Waals surface area contributed by atoms with Gasteiger partial charge in [-0.05, 0) is 25.1 Å². The van der Waals surface area contributed by atoms with Crippen molar-refractivity contribution in [2.45, 2.75) is 30.4 Å². The molecule has 0 saturated heterocycles. The van der Waals surface area contributed by atoms with Crippen molar-refractivity contribution in [2.24, 2.45) is 0 Å². The number of nitrogens with one attached hydrogen (secondary N) is 1. The maximum absolute atomic E-state index is 12.7. The number of thiazole rings is 1. The van der Waals surface area contributed by atoms with E-state index in [0.717, 1.165) is 29.6 Å². The second kappa shape index (κ2) is 8.70. The fraction of sp³-hybridized carbons (Fsp3) is 0.222. The molecule has 2 aromatic heterocycles.